The molecule has 0 amide bonds. The Kier molecular flexibility index (Phi) is 6.83. The minimum Gasteiger partial charge on any atom is -0.478 e. The second kappa shape index (κ2) is 8.63. The van der Waals surface area contributed by atoms with Crippen molar-refractivity contribution in [3.63, 3.8) is 0 Å². The van der Waals surface area contributed by atoms with Crippen LogP contribution in [0.2, 0.25) is 0 Å². The maximum Gasteiger partial charge on any atom is 0.142 e. The van der Waals surface area contributed by atoms with E-state index in [1.807, 2.05) is 0 Å². The molecule has 2 aromatic carbocycles. The number of hydrogen-bond donors (Lipinski definition) is 0. The molecule has 0 bridgehead atoms. The van der Waals surface area contributed by atoms with Gasteiger partial charge in [0.1, 0.15) is 12.5 Å². The molecule has 0 aliphatic carbocycles. The van der Waals surface area contributed by atoms with E-state index in [9.17, 15) is 0 Å². The van der Waals surface area contributed by atoms with Crippen molar-refractivity contribution in [3.8, 4) is 16.9 Å². The normalized spacial score (nSPS) is 11.0. The zero-order chi connectivity index (χ0) is 15.9. The van der Waals surface area contributed by atoms with E-state index < -0.39 is 0 Å². The molecule has 4 heteroatoms. The van der Waals surface area contributed by atoms with Crippen molar-refractivity contribution in [1.29, 1.82) is 0 Å². The summed E-state index contributed by atoms with van der Waals surface area (Å²) in [4.78, 5) is 2.23. The molecule has 0 fully saturated rings. The van der Waals surface area contributed by atoms with Gasteiger partial charge in [0.15, 0.2) is 0 Å². The molecule has 0 radical (unpaired) electrons. The van der Waals surface area contributed by atoms with E-state index in [1.165, 1.54) is 22.3 Å². The first-order chi connectivity index (χ1) is 10.7. The van der Waals surface area contributed by atoms with Crippen LogP contribution in [0, 0.1) is 6.92 Å². The van der Waals surface area contributed by atoms with Crippen molar-refractivity contribution in [3.05, 3.63) is 53.6 Å². The zero-order valence-electron chi connectivity index (χ0n) is 13.4. The fraction of sp³-hybridized carbons (Fsp3) is 0.333. The minimum atomic E-state index is 0.627. The Morgan fingerprint density at radius 3 is 2.27 bits per heavy atom. The molecule has 2 atom stereocenters. The van der Waals surface area contributed by atoms with Gasteiger partial charge in [0.2, 0.25) is 0 Å². The largest absolute Gasteiger partial charge is 0.478 e. The van der Waals surface area contributed by atoms with Crippen molar-refractivity contribution >= 4 is 18.5 Å². The molecule has 0 N–H and O–H groups in total. The van der Waals surface area contributed by atoms with Crippen LogP contribution in [-0.4, -0.2) is 24.5 Å². The van der Waals surface area contributed by atoms with E-state index in [-0.39, 0.29) is 0 Å². The van der Waals surface area contributed by atoms with Gasteiger partial charge < -0.3 is 4.74 Å². The first kappa shape index (κ1) is 17.4. The lowest BCUT2D eigenvalue weighted by molar-refractivity contribution is 0.151. The maximum absolute atomic E-state index is 5.98. The van der Waals surface area contributed by atoms with Crippen LogP contribution in [0.25, 0.3) is 11.1 Å². The van der Waals surface area contributed by atoms with Crippen LogP contribution in [-0.2, 0) is 6.16 Å². The fourth-order valence-electron chi connectivity index (χ4n) is 2.24. The van der Waals surface area contributed by atoms with Gasteiger partial charge in [-0.15, -0.1) is 18.5 Å². The minimum absolute atomic E-state index is 0.627. The van der Waals surface area contributed by atoms with Crippen LogP contribution in [0.5, 0.6) is 5.75 Å². The molecule has 0 saturated heterocycles. The van der Waals surface area contributed by atoms with Gasteiger partial charge in [-0.05, 0) is 48.5 Å². The fourth-order valence-corrected chi connectivity index (χ4v) is 2.92. The average Bonchev–Trinajstić information content (AvgIpc) is 2.56. The topological polar surface area (TPSA) is 12.5 Å². The smallest absolute Gasteiger partial charge is 0.142 e. The van der Waals surface area contributed by atoms with Gasteiger partial charge in [-0.2, -0.15) is 0 Å². The molecular formula is C18H25NOP2. The monoisotopic (exact) mass is 333 g/mol. The molecule has 0 aromatic heterocycles. The van der Waals surface area contributed by atoms with E-state index in [0.29, 0.717) is 6.73 Å². The highest BCUT2D eigenvalue weighted by molar-refractivity contribution is 7.16. The third-order valence-electron chi connectivity index (χ3n) is 3.77. The summed E-state index contributed by atoms with van der Waals surface area (Å²) in [6.07, 6.45) is 1.82. The standard InChI is InChI=1S/C18H25NOP2/c1-3-19(13-22)12-20-18-9-8-16(10-17(18)11-21)15-6-4-14(2)5-7-15/h4-10H,3,11-13,21-22H2,1-2H3. The van der Waals surface area contributed by atoms with Crippen molar-refractivity contribution in [2.45, 2.75) is 20.0 Å². The molecule has 2 aromatic rings. The SMILES string of the molecule is CCN(CP)COc1ccc(-c2ccc(C)cc2)cc1CP. The van der Waals surface area contributed by atoms with Crippen LogP contribution in [0.15, 0.2) is 42.5 Å². The number of aryl methyl sites for hydroxylation is 1. The summed E-state index contributed by atoms with van der Waals surface area (Å²) in [5.74, 6) is 0.975. The van der Waals surface area contributed by atoms with Crippen LogP contribution < -0.4 is 4.74 Å². The highest BCUT2D eigenvalue weighted by Gasteiger charge is 2.07. The lowest BCUT2D eigenvalue weighted by Crippen LogP contribution is -2.26. The van der Waals surface area contributed by atoms with Gasteiger partial charge in [0.05, 0.1) is 0 Å². The summed E-state index contributed by atoms with van der Waals surface area (Å²) in [6, 6.07) is 15.1. The van der Waals surface area contributed by atoms with Gasteiger partial charge in [0.25, 0.3) is 0 Å². The first-order valence-electron chi connectivity index (χ1n) is 7.63. The van der Waals surface area contributed by atoms with Gasteiger partial charge in [-0.25, -0.2) is 0 Å². The average molecular weight is 333 g/mol. The number of nitrogens with zero attached hydrogens (tertiary/aromatic N) is 1. The van der Waals surface area contributed by atoms with E-state index in [0.717, 1.165) is 24.7 Å². The van der Waals surface area contributed by atoms with Crippen LogP contribution in [0.1, 0.15) is 18.1 Å². The molecule has 22 heavy (non-hydrogen) atoms. The molecule has 0 spiro atoms. The van der Waals surface area contributed by atoms with Gasteiger partial charge in [-0.3, -0.25) is 4.90 Å². The maximum atomic E-state index is 5.98. The highest BCUT2D eigenvalue weighted by Crippen LogP contribution is 2.28. The van der Waals surface area contributed by atoms with E-state index in [2.05, 4.69) is 79.7 Å². The third kappa shape index (κ3) is 4.53. The second-order valence-corrected chi connectivity index (χ2v) is 6.11. The molecule has 0 saturated carbocycles. The summed E-state index contributed by atoms with van der Waals surface area (Å²) in [6.45, 7) is 5.87. The number of ether oxygens (including phenoxy) is 1. The lowest BCUT2D eigenvalue weighted by atomic mass is 10.0. The zero-order valence-corrected chi connectivity index (χ0v) is 15.7. The molecule has 2 unspecified atom stereocenters. The second-order valence-electron chi connectivity index (χ2n) is 5.34. The van der Waals surface area contributed by atoms with Gasteiger partial charge in [-0.1, -0.05) is 42.8 Å². The van der Waals surface area contributed by atoms with Crippen LogP contribution in [0.4, 0.5) is 0 Å². The van der Waals surface area contributed by atoms with Crippen molar-refractivity contribution in [2.75, 3.05) is 19.6 Å². The summed E-state index contributed by atoms with van der Waals surface area (Å²) in [5, 5.41) is 0. The molecule has 0 aliphatic heterocycles. The molecule has 0 aliphatic rings. The summed E-state index contributed by atoms with van der Waals surface area (Å²) in [7, 11) is 5.54. The highest BCUT2D eigenvalue weighted by atomic mass is 31.0. The van der Waals surface area contributed by atoms with Crippen LogP contribution in [0.3, 0.4) is 0 Å². The van der Waals surface area contributed by atoms with E-state index in [4.69, 9.17) is 4.74 Å². The Morgan fingerprint density at radius 2 is 1.68 bits per heavy atom. The molecule has 118 valence electrons. The number of benzene rings is 2. The predicted molar refractivity (Wildman–Crippen MR) is 102 cm³/mol. The Balaban J connectivity index is 2.18. The lowest BCUT2D eigenvalue weighted by Gasteiger charge is -2.20. The summed E-state index contributed by atoms with van der Waals surface area (Å²) >= 11 is 0. The number of rotatable bonds is 7. The molecule has 2 nitrogen and oxygen atoms in total. The van der Waals surface area contributed by atoms with Gasteiger partial charge >= 0.3 is 0 Å². The van der Waals surface area contributed by atoms with Crippen molar-refractivity contribution in [1.82, 2.24) is 4.90 Å². The summed E-state index contributed by atoms with van der Waals surface area (Å²) in [5.41, 5.74) is 5.00. The Labute approximate surface area is 138 Å². The predicted octanol–water partition coefficient (Wildman–Crippen LogP) is 4.53. The Hall–Kier alpha value is -0.940. The molecule has 2 rings (SSSR count). The Bertz CT molecular complexity index is 595. The van der Waals surface area contributed by atoms with Crippen LogP contribution >= 0.6 is 18.5 Å². The number of hydrogen-bond acceptors (Lipinski definition) is 2. The third-order valence-corrected chi connectivity index (χ3v) is 4.73. The summed E-state index contributed by atoms with van der Waals surface area (Å²) < 4.78 is 5.98. The van der Waals surface area contributed by atoms with Crippen molar-refractivity contribution in [2.24, 2.45) is 0 Å². The van der Waals surface area contributed by atoms with E-state index >= 15 is 0 Å². The molecular weight excluding hydrogens is 308 g/mol. The van der Waals surface area contributed by atoms with E-state index in [1.54, 1.807) is 0 Å². The molecule has 0 heterocycles. The Morgan fingerprint density at radius 1 is 1.00 bits per heavy atom. The van der Waals surface area contributed by atoms with Gasteiger partial charge in [0, 0.05) is 6.29 Å². The van der Waals surface area contributed by atoms with Crippen molar-refractivity contribution < 1.29 is 4.74 Å². The quantitative estimate of drug-likeness (QED) is 0.545. The first-order valence-corrected chi connectivity index (χ1v) is 9.26.